The fourth-order valence-corrected chi connectivity index (χ4v) is 0.766. The van der Waals surface area contributed by atoms with Crippen LogP contribution in [0.3, 0.4) is 0 Å². The summed E-state index contributed by atoms with van der Waals surface area (Å²) in [6, 6.07) is 0. The minimum absolute atomic E-state index is 0.0440. The normalized spacial score (nSPS) is 9.62. The summed E-state index contributed by atoms with van der Waals surface area (Å²) in [6.07, 6.45) is 0. The third kappa shape index (κ3) is 0.604. The molecule has 1 aromatic rings. The van der Waals surface area contributed by atoms with E-state index < -0.39 is 5.82 Å². The summed E-state index contributed by atoms with van der Waals surface area (Å²) in [6.45, 7) is 0. The molecule has 1 aromatic heterocycles. The lowest BCUT2D eigenvalue weighted by Gasteiger charge is -1.79. The summed E-state index contributed by atoms with van der Waals surface area (Å²) in [4.78, 5) is 0. The highest BCUT2D eigenvalue weighted by Crippen LogP contribution is 2.19. The third-order valence-electron chi connectivity index (χ3n) is 0.684. The molecule has 0 saturated heterocycles. The van der Waals surface area contributed by atoms with Crippen LogP contribution >= 0.6 is 11.5 Å². The Morgan fingerprint density at radius 2 is 2.12 bits per heavy atom. The van der Waals surface area contributed by atoms with Gasteiger partial charge in [0, 0.05) is 0 Å². The molecule has 0 spiro atoms. The van der Waals surface area contributed by atoms with E-state index in [4.69, 9.17) is 11.5 Å². The van der Waals surface area contributed by atoms with Gasteiger partial charge in [0.05, 0.1) is 0 Å². The van der Waals surface area contributed by atoms with Crippen LogP contribution in [0.4, 0.5) is 15.2 Å². The van der Waals surface area contributed by atoms with Crippen LogP contribution in [0, 0.1) is 5.82 Å². The van der Waals surface area contributed by atoms with Crippen molar-refractivity contribution in [3.8, 4) is 0 Å². The van der Waals surface area contributed by atoms with Gasteiger partial charge < -0.3 is 11.5 Å². The number of rotatable bonds is 0. The summed E-state index contributed by atoms with van der Waals surface area (Å²) in [5.74, 6) is -0.720. The second kappa shape index (κ2) is 1.59. The lowest BCUT2D eigenvalue weighted by Crippen LogP contribution is -1.88. The van der Waals surface area contributed by atoms with Gasteiger partial charge in [-0.2, -0.15) is 8.76 Å². The van der Waals surface area contributed by atoms with Gasteiger partial charge in [-0.05, 0) is 11.5 Å². The van der Waals surface area contributed by atoms with Crippen LogP contribution < -0.4 is 11.5 Å². The molecule has 8 heavy (non-hydrogen) atoms. The predicted molar refractivity (Wildman–Crippen MR) is 30.9 cm³/mol. The molecule has 5 heteroatoms. The fourth-order valence-electron chi connectivity index (χ4n) is 0.305. The Morgan fingerprint density at radius 3 is 2.25 bits per heavy atom. The first-order chi connectivity index (χ1) is 3.72. The maximum Gasteiger partial charge on any atom is 0.200 e. The molecular weight excluding hydrogens is 129 g/mol. The molecule has 0 saturated carbocycles. The van der Waals surface area contributed by atoms with E-state index in [9.17, 15) is 4.39 Å². The molecule has 0 fully saturated rings. The maximum atomic E-state index is 12.2. The van der Waals surface area contributed by atoms with E-state index in [1.54, 1.807) is 0 Å². The Balaban J connectivity index is 3.19. The Kier molecular flexibility index (Phi) is 1.05. The summed E-state index contributed by atoms with van der Waals surface area (Å²) in [7, 11) is 0. The number of nitrogens with zero attached hydrogens (tertiary/aromatic N) is 1. The Morgan fingerprint density at radius 1 is 1.50 bits per heavy atom. The molecule has 44 valence electrons. The molecule has 1 rings (SSSR count). The van der Waals surface area contributed by atoms with Crippen LogP contribution in [0.2, 0.25) is 0 Å². The second-order valence-corrected chi connectivity index (χ2v) is 2.05. The molecule has 1 heterocycles. The summed E-state index contributed by atoms with van der Waals surface area (Å²) in [5.41, 5.74) is 10.0. The first kappa shape index (κ1) is 5.30. The summed E-state index contributed by atoms with van der Waals surface area (Å²) < 4.78 is 15.6. The van der Waals surface area contributed by atoms with E-state index in [1.807, 2.05) is 0 Å². The molecule has 0 aliphatic rings. The molecule has 0 amide bonds. The molecule has 3 nitrogen and oxygen atoms in total. The van der Waals surface area contributed by atoms with Gasteiger partial charge in [-0.1, -0.05) is 0 Å². The zero-order chi connectivity index (χ0) is 6.15. The van der Waals surface area contributed by atoms with Gasteiger partial charge in [-0.3, -0.25) is 0 Å². The van der Waals surface area contributed by atoms with E-state index in [0.717, 1.165) is 11.5 Å². The quantitative estimate of drug-likeness (QED) is 0.540. The number of hydrogen-bond donors (Lipinski definition) is 2. The van der Waals surface area contributed by atoms with Crippen LogP contribution in [0.5, 0.6) is 0 Å². The molecule has 0 atom stereocenters. The molecule has 0 radical (unpaired) electrons. The van der Waals surface area contributed by atoms with Crippen molar-refractivity contribution < 1.29 is 4.39 Å². The van der Waals surface area contributed by atoms with Crippen LogP contribution in [0.25, 0.3) is 0 Å². The third-order valence-corrected chi connectivity index (χ3v) is 1.35. The zero-order valence-electron chi connectivity index (χ0n) is 3.89. The molecule has 0 aliphatic heterocycles. The standard InChI is InChI=1S/C3H4FN3S/c4-1-2(5)7-8-3(1)6/h6H2,(H2,5,7). The highest BCUT2D eigenvalue weighted by molar-refractivity contribution is 7.10. The number of nitrogens with two attached hydrogens (primary N) is 2. The average Bonchev–Trinajstić information content (AvgIpc) is 1.98. The molecule has 4 N–H and O–H groups in total. The van der Waals surface area contributed by atoms with Gasteiger partial charge >= 0.3 is 0 Å². The van der Waals surface area contributed by atoms with Crippen LogP contribution in [0.15, 0.2) is 0 Å². The first-order valence-corrected chi connectivity index (χ1v) is 2.65. The number of hydrogen-bond acceptors (Lipinski definition) is 4. The van der Waals surface area contributed by atoms with Crippen molar-refractivity contribution in [1.29, 1.82) is 0 Å². The largest absolute Gasteiger partial charge is 0.387 e. The lowest BCUT2D eigenvalue weighted by molar-refractivity contribution is 0.639. The summed E-state index contributed by atoms with van der Waals surface area (Å²) in [5, 5.41) is 0.0440. The average molecular weight is 133 g/mol. The van der Waals surface area contributed by atoms with E-state index in [-0.39, 0.29) is 10.8 Å². The van der Waals surface area contributed by atoms with Crippen molar-refractivity contribution in [2.24, 2.45) is 0 Å². The lowest BCUT2D eigenvalue weighted by atomic mass is 10.6. The Labute approximate surface area is 49.3 Å². The van der Waals surface area contributed by atoms with Crippen molar-refractivity contribution >= 4 is 22.4 Å². The zero-order valence-corrected chi connectivity index (χ0v) is 4.70. The number of nitrogen functional groups attached to an aromatic ring is 2. The van der Waals surface area contributed by atoms with Crippen molar-refractivity contribution in [1.82, 2.24) is 4.37 Å². The van der Waals surface area contributed by atoms with Gasteiger partial charge in [0.15, 0.2) is 5.82 Å². The van der Waals surface area contributed by atoms with E-state index in [1.165, 1.54) is 0 Å². The fraction of sp³-hybridized carbons (Fsp3) is 0. The SMILES string of the molecule is Nc1nsc(N)c1F. The van der Waals surface area contributed by atoms with Crippen LogP contribution in [0.1, 0.15) is 0 Å². The first-order valence-electron chi connectivity index (χ1n) is 1.88. The van der Waals surface area contributed by atoms with Crippen molar-refractivity contribution in [3.63, 3.8) is 0 Å². The molecule has 0 aromatic carbocycles. The monoisotopic (exact) mass is 133 g/mol. The topological polar surface area (TPSA) is 64.9 Å². The minimum atomic E-state index is -0.602. The molecule has 0 unspecified atom stereocenters. The van der Waals surface area contributed by atoms with Crippen molar-refractivity contribution in [2.45, 2.75) is 0 Å². The second-order valence-electron chi connectivity index (χ2n) is 1.25. The van der Waals surface area contributed by atoms with Crippen LogP contribution in [-0.4, -0.2) is 4.37 Å². The van der Waals surface area contributed by atoms with Crippen molar-refractivity contribution in [2.75, 3.05) is 11.5 Å². The molecular formula is C3H4FN3S. The maximum absolute atomic E-state index is 12.2. The van der Waals surface area contributed by atoms with Gasteiger partial charge in [0.2, 0.25) is 5.82 Å². The Hall–Kier alpha value is -0.840. The molecule has 0 aliphatic carbocycles. The number of anilines is 2. The smallest absolute Gasteiger partial charge is 0.200 e. The Bertz CT molecular complexity index is 177. The van der Waals surface area contributed by atoms with E-state index in [0.29, 0.717) is 0 Å². The van der Waals surface area contributed by atoms with E-state index >= 15 is 0 Å². The van der Waals surface area contributed by atoms with Crippen molar-refractivity contribution in [3.05, 3.63) is 5.82 Å². The minimum Gasteiger partial charge on any atom is -0.387 e. The van der Waals surface area contributed by atoms with E-state index in [2.05, 4.69) is 4.37 Å². The highest BCUT2D eigenvalue weighted by Gasteiger charge is 2.04. The van der Waals surface area contributed by atoms with Gasteiger partial charge in [0.1, 0.15) is 5.00 Å². The van der Waals surface area contributed by atoms with Crippen LogP contribution in [-0.2, 0) is 0 Å². The highest BCUT2D eigenvalue weighted by atomic mass is 32.1. The van der Waals surface area contributed by atoms with Gasteiger partial charge in [-0.15, -0.1) is 0 Å². The number of halogens is 1. The van der Waals surface area contributed by atoms with Gasteiger partial charge in [0.25, 0.3) is 0 Å². The number of aromatic nitrogens is 1. The van der Waals surface area contributed by atoms with Gasteiger partial charge in [-0.25, -0.2) is 0 Å². The molecule has 0 bridgehead atoms. The predicted octanol–water partition coefficient (Wildman–Crippen LogP) is 0.447. The summed E-state index contributed by atoms with van der Waals surface area (Å²) >= 11 is 0.859.